The standard InChI is InChI=1S/C19H25ClN4OS/c1-13(2)12-21-18(25)15-7-9-24(10-8-15)19-22-17(23-26-19)11-14-3-5-16(20)6-4-14/h3-6,13,15H,7-12H2,1-2H3,(H,21,25). The molecule has 0 radical (unpaired) electrons. The molecule has 1 aliphatic heterocycles. The Hall–Kier alpha value is -1.66. The molecule has 0 aliphatic carbocycles. The summed E-state index contributed by atoms with van der Waals surface area (Å²) in [7, 11) is 0. The third-order valence-electron chi connectivity index (χ3n) is 4.55. The van der Waals surface area contributed by atoms with Gasteiger partial charge in [-0.2, -0.15) is 4.37 Å². The molecule has 7 heteroatoms. The molecule has 26 heavy (non-hydrogen) atoms. The van der Waals surface area contributed by atoms with Crippen molar-refractivity contribution < 1.29 is 4.79 Å². The lowest BCUT2D eigenvalue weighted by atomic mass is 9.96. The molecule has 3 rings (SSSR count). The summed E-state index contributed by atoms with van der Waals surface area (Å²) >= 11 is 7.37. The molecule has 0 unspecified atom stereocenters. The number of amides is 1. The smallest absolute Gasteiger partial charge is 0.223 e. The van der Waals surface area contributed by atoms with Crippen molar-refractivity contribution in [3.63, 3.8) is 0 Å². The van der Waals surface area contributed by atoms with Gasteiger partial charge in [-0.3, -0.25) is 4.79 Å². The van der Waals surface area contributed by atoms with Gasteiger partial charge in [0.2, 0.25) is 11.0 Å². The molecular formula is C19H25ClN4OS. The van der Waals surface area contributed by atoms with Crippen molar-refractivity contribution in [2.45, 2.75) is 33.1 Å². The Morgan fingerprint density at radius 3 is 2.65 bits per heavy atom. The lowest BCUT2D eigenvalue weighted by Crippen LogP contribution is -2.41. The molecule has 140 valence electrons. The topological polar surface area (TPSA) is 58.1 Å². The van der Waals surface area contributed by atoms with Crippen LogP contribution in [0.25, 0.3) is 0 Å². The van der Waals surface area contributed by atoms with Gasteiger partial charge in [0, 0.05) is 48.5 Å². The highest BCUT2D eigenvalue weighted by molar-refractivity contribution is 7.09. The predicted octanol–water partition coefficient (Wildman–Crippen LogP) is 3.77. The minimum atomic E-state index is 0.117. The molecule has 0 bridgehead atoms. The fourth-order valence-electron chi connectivity index (χ4n) is 3.01. The van der Waals surface area contributed by atoms with E-state index in [-0.39, 0.29) is 11.8 Å². The Labute approximate surface area is 163 Å². The molecular weight excluding hydrogens is 368 g/mol. The van der Waals surface area contributed by atoms with E-state index in [2.05, 4.69) is 33.4 Å². The highest BCUT2D eigenvalue weighted by atomic mass is 35.5. The average Bonchev–Trinajstić information content (AvgIpc) is 3.10. The second kappa shape index (κ2) is 8.82. The van der Waals surface area contributed by atoms with Crippen LogP contribution in [0.4, 0.5) is 5.13 Å². The van der Waals surface area contributed by atoms with Crippen LogP contribution in [0.1, 0.15) is 38.1 Å². The van der Waals surface area contributed by atoms with Gasteiger partial charge in [-0.05, 0) is 36.5 Å². The number of halogens is 1. The fourth-order valence-corrected chi connectivity index (χ4v) is 3.87. The van der Waals surface area contributed by atoms with Crippen molar-refractivity contribution in [1.82, 2.24) is 14.7 Å². The van der Waals surface area contributed by atoms with Crippen LogP contribution >= 0.6 is 23.1 Å². The maximum absolute atomic E-state index is 12.2. The molecule has 2 heterocycles. The van der Waals surface area contributed by atoms with Crippen LogP contribution in [0.5, 0.6) is 0 Å². The third-order valence-corrected chi connectivity index (χ3v) is 5.62. The van der Waals surface area contributed by atoms with E-state index in [1.807, 2.05) is 24.3 Å². The van der Waals surface area contributed by atoms with Crippen LogP contribution in [-0.2, 0) is 11.2 Å². The number of aromatic nitrogens is 2. The Balaban J connectivity index is 1.51. The monoisotopic (exact) mass is 392 g/mol. The van der Waals surface area contributed by atoms with Gasteiger partial charge >= 0.3 is 0 Å². The SMILES string of the molecule is CC(C)CNC(=O)C1CCN(c2nc(Cc3ccc(Cl)cc3)ns2)CC1. The lowest BCUT2D eigenvalue weighted by Gasteiger charge is -2.30. The van der Waals surface area contributed by atoms with E-state index in [1.54, 1.807) is 0 Å². The number of nitrogens with zero attached hydrogens (tertiary/aromatic N) is 3. The maximum Gasteiger partial charge on any atom is 0.223 e. The summed E-state index contributed by atoms with van der Waals surface area (Å²) in [5.41, 5.74) is 1.15. The Morgan fingerprint density at radius 2 is 2.00 bits per heavy atom. The van der Waals surface area contributed by atoms with E-state index >= 15 is 0 Å². The molecule has 1 aromatic heterocycles. The van der Waals surface area contributed by atoms with Gasteiger partial charge in [-0.1, -0.05) is 37.6 Å². The Kier molecular flexibility index (Phi) is 6.48. The summed E-state index contributed by atoms with van der Waals surface area (Å²) in [4.78, 5) is 19.1. The predicted molar refractivity (Wildman–Crippen MR) is 107 cm³/mol. The largest absolute Gasteiger partial charge is 0.356 e. The van der Waals surface area contributed by atoms with Crippen LogP contribution in [0.2, 0.25) is 5.02 Å². The number of nitrogens with one attached hydrogen (secondary N) is 1. The number of rotatable bonds is 6. The van der Waals surface area contributed by atoms with Gasteiger partial charge < -0.3 is 10.2 Å². The summed E-state index contributed by atoms with van der Waals surface area (Å²) in [6.45, 7) is 6.69. The van der Waals surface area contributed by atoms with Crippen molar-refractivity contribution in [1.29, 1.82) is 0 Å². The number of piperidine rings is 1. The van der Waals surface area contributed by atoms with E-state index in [1.165, 1.54) is 11.5 Å². The molecule has 1 N–H and O–H groups in total. The average molecular weight is 393 g/mol. The van der Waals surface area contributed by atoms with Gasteiger partial charge in [0.25, 0.3) is 0 Å². The number of hydrogen-bond acceptors (Lipinski definition) is 5. The lowest BCUT2D eigenvalue weighted by molar-refractivity contribution is -0.125. The molecule has 1 fully saturated rings. The van der Waals surface area contributed by atoms with Crippen LogP contribution in [0.15, 0.2) is 24.3 Å². The van der Waals surface area contributed by atoms with Gasteiger partial charge in [-0.15, -0.1) is 0 Å². The van der Waals surface area contributed by atoms with Crippen molar-refractivity contribution in [2.75, 3.05) is 24.5 Å². The fraction of sp³-hybridized carbons (Fsp3) is 0.526. The van der Waals surface area contributed by atoms with Crippen molar-refractivity contribution in [3.8, 4) is 0 Å². The summed E-state index contributed by atoms with van der Waals surface area (Å²) in [5.74, 6) is 1.63. The van der Waals surface area contributed by atoms with Crippen molar-refractivity contribution in [2.24, 2.45) is 11.8 Å². The number of benzene rings is 1. The summed E-state index contributed by atoms with van der Waals surface area (Å²) in [5, 5.41) is 4.74. The second-order valence-electron chi connectivity index (χ2n) is 7.20. The molecule has 0 spiro atoms. The summed E-state index contributed by atoms with van der Waals surface area (Å²) < 4.78 is 4.49. The zero-order valence-corrected chi connectivity index (χ0v) is 16.8. The highest BCUT2D eigenvalue weighted by Crippen LogP contribution is 2.25. The molecule has 0 atom stereocenters. The number of carbonyl (C=O) groups is 1. The molecule has 0 saturated carbocycles. The maximum atomic E-state index is 12.2. The zero-order chi connectivity index (χ0) is 18.5. The first-order valence-corrected chi connectivity index (χ1v) is 10.3. The van der Waals surface area contributed by atoms with Crippen molar-refractivity contribution >= 4 is 34.2 Å². The third kappa shape index (κ3) is 5.17. The van der Waals surface area contributed by atoms with E-state index in [4.69, 9.17) is 11.6 Å². The van der Waals surface area contributed by atoms with E-state index in [9.17, 15) is 4.79 Å². The van der Waals surface area contributed by atoms with Gasteiger partial charge in [0.1, 0.15) is 5.82 Å². The van der Waals surface area contributed by atoms with Gasteiger partial charge in [0.15, 0.2) is 0 Å². The van der Waals surface area contributed by atoms with E-state index in [0.717, 1.165) is 54.0 Å². The quantitative estimate of drug-likeness (QED) is 0.812. The van der Waals surface area contributed by atoms with Gasteiger partial charge in [-0.25, -0.2) is 4.98 Å². The van der Waals surface area contributed by atoms with Crippen LogP contribution < -0.4 is 10.2 Å². The first kappa shape index (κ1) is 19.1. The van der Waals surface area contributed by atoms with Crippen LogP contribution in [-0.4, -0.2) is 34.9 Å². The number of anilines is 1. The minimum Gasteiger partial charge on any atom is -0.356 e. The molecule has 1 aromatic carbocycles. The van der Waals surface area contributed by atoms with Crippen molar-refractivity contribution in [3.05, 3.63) is 40.7 Å². The Bertz CT molecular complexity index is 723. The number of carbonyl (C=O) groups excluding carboxylic acids is 1. The molecule has 1 saturated heterocycles. The molecule has 1 aliphatic rings. The Morgan fingerprint density at radius 1 is 1.31 bits per heavy atom. The van der Waals surface area contributed by atoms with Gasteiger partial charge in [0.05, 0.1) is 0 Å². The number of hydrogen-bond donors (Lipinski definition) is 1. The normalized spacial score (nSPS) is 15.5. The molecule has 2 aromatic rings. The van der Waals surface area contributed by atoms with Crippen LogP contribution in [0, 0.1) is 11.8 Å². The summed E-state index contributed by atoms with van der Waals surface area (Å²) in [6.07, 6.45) is 2.45. The first-order valence-electron chi connectivity index (χ1n) is 9.11. The van der Waals surface area contributed by atoms with E-state index < -0.39 is 0 Å². The second-order valence-corrected chi connectivity index (χ2v) is 8.36. The molecule has 5 nitrogen and oxygen atoms in total. The van der Waals surface area contributed by atoms with Crippen LogP contribution in [0.3, 0.4) is 0 Å². The highest BCUT2D eigenvalue weighted by Gasteiger charge is 2.26. The minimum absolute atomic E-state index is 0.117. The zero-order valence-electron chi connectivity index (χ0n) is 15.2. The molecule has 1 amide bonds. The first-order chi connectivity index (χ1) is 12.5. The van der Waals surface area contributed by atoms with E-state index in [0.29, 0.717) is 12.3 Å². The summed E-state index contributed by atoms with van der Waals surface area (Å²) in [6, 6.07) is 7.78.